The summed E-state index contributed by atoms with van der Waals surface area (Å²) in [5.74, 6) is -0.548. The molecule has 6 heteroatoms. The first-order valence-electron chi connectivity index (χ1n) is 5.01. The molecule has 1 unspecified atom stereocenters. The minimum Gasteiger partial charge on any atom is -0.368 e. The van der Waals surface area contributed by atoms with E-state index in [1.54, 1.807) is 11.8 Å². The zero-order chi connectivity index (χ0) is 12.1. The highest BCUT2D eigenvalue weighted by Gasteiger charge is 2.15. The van der Waals surface area contributed by atoms with Gasteiger partial charge < -0.3 is 10.6 Å². The van der Waals surface area contributed by atoms with Crippen LogP contribution in [-0.4, -0.2) is 23.1 Å². The molecule has 0 radical (unpaired) electrons. The summed E-state index contributed by atoms with van der Waals surface area (Å²) in [6, 6.07) is 2.09. The van der Waals surface area contributed by atoms with Crippen LogP contribution in [0.4, 0.5) is 16.2 Å². The van der Waals surface area contributed by atoms with Crippen LogP contribution >= 0.6 is 0 Å². The molecule has 1 rings (SSSR count). The molecule has 0 aliphatic rings. The van der Waals surface area contributed by atoms with Crippen molar-refractivity contribution in [3.63, 3.8) is 0 Å². The lowest BCUT2D eigenvalue weighted by Crippen LogP contribution is -2.29. The van der Waals surface area contributed by atoms with Gasteiger partial charge in [0.15, 0.2) is 11.6 Å². The quantitative estimate of drug-likeness (QED) is 0.829. The van der Waals surface area contributed by atoms with Crippen molar-refractivity contribution in [2.75, 3.05) is 23.7 Å². The van der Waals surface area contributed by atoms with Crippen molar-refractivity contribution >= 4 is 11.8 Å². The van der Waals surface area contributed by atoms with E-state index >= 15 is 0 Å². The fraction of sp³-hybridized carbons (Fsp3) is 0.500. The maximum Gasteiger partial charge on any atom is 0.222 e. The molecular weight excluding hydrogens is 209 g/mol. The number of rotatable bonds is 4. The zero-order valence-electron chi connectivity index (χ0n) is 9.31. The summed E-state index contributed by atoms with van der Waals surface area (Å²) < 4.78 is 13.5. The maximum atomic E-state index is 13.5. The lowest BCUT2D eigenvalue weighted by molar-refractivity contribution is 0.592. The molecule has 1 aromatic rings. The van der Waals surface area contributed by atoms with Gasteiger partial charge in [0.2, 0.25) is 5.95 Å². The van der Waals surface area contributed by atoms with Crippen LogP contribution in [0.2, 0.25) is 0 Å². The number of aromatic nitrogens is 2. The lowest BCUT2D eigenvalue weighted by atomic mass is 10.2. The molecule has 0 fully saturated rings. The molecule has 2 N–H and O–H groups in total. The Hall–Kier alpha value is -1.90. The Morgan fingerprint density at radius 2 is 2.38 bits per heavy atom. The van der Waals surface area contributed by atoms with Crippen molar-refractivity contribution in [3.05, 3.63) is 12.0 Å². The molecule has 0 saturated carbocycles. The Morgan fingerprint density at radius 3 is 2.94 bits per heavy atom. The first-order chi connectivity index (χ1) is 7.58. The first-order valence-corrected chi connectivity index (χ1v) is 5.01. The zero-order valence-corrected chi connectivity index (χ0v) is 9.31. The monoisotopic (exact) mass is 223 g/mol. The number of nitrogens with zero attached hydrogens (tertiary/aromatic N) is 4. The van der Waals surface area contributed by atoms with Crippen molar-refractivity contribution in [2.45, 2.75) is 13.8 Å². The van der Waals surface area contributed by atoms with E-state index in [1.165, 1.54) is 0 Å². The number of anilines is 2. The number of hydrogen-bond acceptors (Lipinski definition) is 5. The summed E-state index contributed by atoms with van der Waals surface area (Å²) in [5.41, 5.74) is 5.40. The van der Waals surface area contributed by atoms with E-state index in [9.17, 15) is 4.39 Å². The Kier molecular flexibility index (Phi) is 4.00. The lowest BCUT2D eigenvalue weighted by Gasteiger charge is -2.23. The second-order valence-electron chi connectivity index (χ2n) is 3.47. The SMILES string of the molecule is CCN(CC(C)C#N)c1nc(N)ncc1F. The average Bonchev–Trinajstić information content (AvgIpc) is 2.29. The fourth-order valence-corrected chi connectivity index (χ4v) is 1.33. The van der Waals surface area contributed by atoms with Crippen molar-refractivity contribution in [1.29, 1.82) is 5.26 Å². The third-order valence-electron chi connectivity index (χ3n) is 2.14. The van der Waals surface area contributed by atoms with Gasteiger partial charge in [-0.3, -0.25) is 0 Å². The van der Waals surface area contributed by atoms with Crippen LogP contribution in [-0.2, 0) is 0 Å². The van der Waals surface area contributed by atoms with Gasteiger partial charge in [-0.25, -0.2) is 9.37 Å². The Balaban J connectivity index is 2.95. The van der Waals surface area contributed by atoms with E-state index in [0.29, 0.717) is 13.1 Å². The highest BCUT2D eigenvalue weighted by molar-refractivity contribution is 5.42. The number of nitriles is 1. The van der Waals surface area contributed by atoms with Crippen LogP contribution in [0.3, 0.4) is 0 Å². The van der Waals surface area contributed by atoms with Gasteiger partial charge in [0.05, 0.1) is 18.2 Å². The van der Waals surface area contributed by atoms with Gasteiger partial charge in [0, 0.05) is 13.1 Å². The van der Waals surface area contributed by atoms with Gasteiger partial charge in [-0.05, 0) is 13.8 Å². The fourth-order valence-electron chi connectivity index (χ4n) is 1.33. The summed E-state index contributed by atoms with van der Waals surface area (Å²) >= 11 is 0. The highest BCUT2D eigenvalue weighted by atomic mass is 19.1. The van der Waals surface area contributed by atoms with Crippen LogP contribution in [0.5, 0.6) is 0 Å². The van der Waals surface area contributed by atoms with Crippen LogP contribution < -0.4 is 10.6 Å². The predicted octanol–water partition coefficient (Wildman–Crippen LogP) is 1.18. The van der Waals surface area contributed by atoms with Crippen molar-refractivity contribution in [3.8, 4) is 6.07 Å². The van der Waals surface area contributed by atoms with Gasteiger partial charge in [-0.2, -0.15) is 10.2 Å². The molecule has 0 spiro atoms. The van der Waals surface area contributed by atoms with E-state index in [4.69, 9.17) is 11.0 Å². The third-order valence-corrected chi connectivity index (χ3v) is 2.14. The highest BCUT2D eigenvalue weighted by Crippen LogP contribution is 2.17. The second-order valence-corrected chi connectivity index (χ2v) is 3.47. The molecule has 0 amide bonds. The van der Waals surface area contributed by atoms with Gasteiger partial charge >= 0.3 is 0 Å². The molecule has 0 aromatic carbocycles. The Morgan fingerprint density at radius 1 is 1.69 bits per heavy atom. The second kappa shape index (κ2) is 5.26. The van der Waals surface area contributed by atoms with Crippen molar-refractivity contribution < 1.29 is 4.39 Å². The number of hydrogen-bond donors (Lipinski definition) is 1. The van der Waals surface area contributed by atoms with Gasteiger partial charge in [0.1, 0.15) is 0 Å². The molecule has 0 bridgehead atoms. The number of nitrogen functional groups attached to an aromatic ring is 1. The van der Waals surface area contributed by atoms with E-state index < -0.39 is 5.82 Å². The Bertz CT molecular complexity index is 401. The first kappa shape index (κ1) is 12.2. The van der Waals surface area contributed by atoms with Crippen LogP contribution in [0.15, 0.2) is 6.20 Å². The molecule has 16 heavy (non-hydrogen) atoms. The van der Waals surface area contributed by atoms with Crippen molar-refractivity contribution in [2.24, 2.45) is 5.92 Å². The van der Waals surface area contributed by atoms with Crippen molar-refractivity contribution in [1.82, 2.24) is 9.97 Å². The van der Waals surface area contributed by atoms with Crippen LogP contribution in [0.1, 0.15) is 13.8 Å². The Labute approximate surface area is 93.7 Å². The summed E-state index contributed by atoms with van der Waals surface area (Å²) in [4.78, 5) is 9.06. The predicted molar refractivity (Wildman–Crippen MR) is 59.1 cm³/mol. The molecule has 86 valence electrons. The van der Waals surface area contributed by atoms with Crippen LogP contribution in [0.25, 0.3) is 0 Å². The van der Waals surface area contributed by atoms with Gasteiger partial charge in [-0.15, -0.1) is 0 Å². The molecule has 5 nitrogen and oxygen atoms in total. The molecule has 1 heterocycles. The summed E-state index contributed by atoms with van der Waals surface area (Å²) in [7, 11) is 0. The molecule has 0 aliphatic heterocycles. The minimum atomic E-state index is -0.527. The number of halogens is 1. The van der Waals surface area contributed by atoms with E-state index in [1.807, 2.05) is 6.92 Å². The molecule has 0 saturated heterocycles. The molecule has 0 aliphatic carbocycles. The molecular formula is C10H14FN5. The average molecular weight is 223 g/mol. The largest absolute Gasteiger partial charge is 0.368 e. The summed E-state index contributed by atoms with van der Waals surface area (Å²) in [6.07, 6.45) is 1.04. The maximum absolute atomic E-state index is 13.5. The number of nitrogens with two attached hydrogens (primary N) is 1. The normalized spacial score (nSPS) is 11.9. The minimum absolute atomic E-state index is 0.0273. The van der Waals surface area contributed by atoms with Gasteiger partial charge in [0.25, 0.3) is 0 Å². The molecule has 1 aromatic heterocycles. The van der Waals surface area contributed by atoms with Gasteiger partial charge in [-0.1, -0.05) is 0 Å². The van der Waals surface area contributed by atoms with E-state index in [0.717, 1.165) is 6.20 Å². The summed E-state index contributed by atoms with van der Waals surface area (Å²) in [6.45, 7) is 4.60. The molecule has 1 atom stereocenters. The topological polar surface area (TPSA) is 78.8 Å². The van der Waals surface area contributed by atoms with E-state index in [-0.39, 0.29) is 17.7 Å². The smallest absolute Gasteiger partial charge is 0.222 e. The summed E-state index contributed by atoms with van der Waals surface area (Å²) in [5, 5.41) is 8.72. The van der Waals surface area contributed by atoms with E-state index in [2.05, 4.69) is 16.0 Å². The standard InChI is InChI=1S/C10H14FN5/c1-3-16(6-7(2)4-12)9-8(11)5-14-10(13)15-9/h5,7H,3,6H2,1-2H3,(H2,13,14,15). The third kappa shape index (κ3) is 2.79. The van der Waals surface area contributed by atoms with Crippen LogP contribution in [0, 0.1) is 23.1 Å².